The largest absolute Gasteiger partial charge is 0.508 e. The summed E-state index contributed by atoms with van der Waals surface area (Å²) >= 11 is 0. The van der Waals surface area contributed by atoms with Crippen molar-refractivity contribution >= 4 is 22.9 Å². The van der Waals surface area contributed by atoms with Gasteiger partial charge in [0.15, 0.2) is 24.6 Å². The molecule has 2 aliphatic carbocycles. The Morgan fingerprint density at radius 2 is 1.98 bits per heavy atom. The topological polar surface area (TPSA) is 175 Å². The number of rotatable bonds is 7. The van der Waals surface area contributed by atoms with Crippen molar-refractivity contribution in [3.05, 3.63) is 58.7 Å². The summed E-state index contributed by atoms with van der Waals surface area (Å²) in [6.45, 7) is 3.42. The van der Waals surface area contributed by atoms with Crippen molar-refractivity contribution in [1.82, 2.24) is 5.32 Å². The van der Waals surface area contributed by atoms with Gasteiger partial charge in [-0.2, -0.15) is 0 Å². The van der Waals surface area contributed by atoms with Crippen LogP contribution in [0.3, 0.4) is 0 Å². The van der Waals surface area contributed by atoms with Crippen molar-refractivity contribution in [3.8, 4) is 35.2 Å². The third-order valence-corrected chi connectivity index (χ3v) is 9.23. The molecular formula is C35H33NO12. The molecule has 3 saturated heterocycles. The minimum atomic E-state index is -1.24. The minimum Gasteiger partial charge on any atom is -0.507 e. The second-order valence-corrected chi connectivity index (χ2v) is 12.1. The predicted octanol–water partition coefficient (Wildman–Crippen LogP) is 1.39. The van der Waals surface area contributed by atoms with Gasteiger partial charge in [-0.15, -0.1) is 0 Å². The number of epoxide rings is 1. The second-order valence-electron chi connectivity index (χ2n) is 12.1. The fourth-order valence-corrected chi connectivity index (χ4v) is 6.50. The molecule has 7 unspecified atom stereocenters. The van der Waals surface area contributed by atoms with Crippen LogP contribution in [0, 0.1) is 30.6 Å². The van der Waals surface area contributed by atoms with Crippen LogP contribution in [-0.4, -0.2) is 109 Å². The van der Waals surface area contributed by atoms with Crippen molar-refractivity contribution in [2.45, 2.75) is 74.5 Å². The molecule has 0 spiro atoms. The van der Waals surface area contributed by atoms with E-state index in [-0.39, 0.29) is 17.9 Å². The van der Waals surface area contributed by atoms with Crippen LogP contribution >= 0.6 is 0 Å². The highest BCUT2D eigenvalue weighted by molar-refractivity contribution is 6.08. The Kier molecular flexibility index (Phi) is 8.08. The zero-order valence-electron chi connectivity index (χ0n) is 26.4. The number of phenolic OH excluding ortho intramolecular Hbond substituents is 1. The smallest absolute Gasteiger partial charge is 0.507 e. The Labute approximate surface area is 275 Å². The highest BCUT2D eigenvalue weighted by Gasteiger charge is 2.65. The zero-order valence-corrected chi connectivity index (χ0v) is 26.4. The van der Waals surface area contributed by atoms with E-state index in [1.54, 1.807) is 38.3 Å². The maximum absolute atomic E-state index is 14.0. The van der Waals surface area contributed by atoms with Gasteiger partial charge in [0.2, 0.25) is 5.60 Å². The number of likely N-dealkylation sites (N-methyl/N-ethyl adjacent to an activating group) is 1. The molecule has 0 radical (unpaired) electrons. The molecule has 3 heterocycles. The van der Waals surface area contributed by atoms with Crippen LogP contribution < -0.4 is 10.1 Å². The number of ether oxygens (including phenoxy) is 7. The molecule has 2 aromatic carbocycles. The third-order valence-electron chi connectivity index (χ3n) is 9.23. The SMILES string of the molecule is CNC1C(O[C@@H]2C3=CC#C[C@H]4O[C@]4(C4COC(=O)O4)C#CC3=CC2OC(=O)c2c(O)ccc3c(C)cc(OC)cc23)OC(C)C(O)C1O. The maximum atomic E-state index is 14.0. The van der Waals surface area contributed by atoms with Crippen LogP contribution in [-0.2, 0) is 28.4 Å². The normalized spacial score (nSPS) is 34.6. The van der Waals surface area contributed by atoms with Crippen molar-refractivity contribution in [3.63, 3.8) is 0 Å². The van der Waals surface area contributed by atoms with Crippen LogP contribution in [0.4, 0.5) is 4.79 Å². The van der Waals surface area contributed by atoms with E-state index in [1.165, 1.54) is 13.2 Å². The average Bonchev–Trinajstić information content (AvgIpc) is 3.39. The van der Waals surface area contributed by atoms with Gasteiger partial charge in [0.05, 0.1) is 19.3 Å². The lowest BCUT2D eigenvalue weighted by molar-refractivity contribution is -0.273. The number of nitrogens with one attached hydrogen (secondary N) is 1. The molecule has 48 heavy (non-hydrogen) atoms. The quantitative estimate of drug-likeness (QED) is 0.191. The minimum absolute atomic E-state index is 0.0490. The van der Waals surface area contributed by atoms with Crippen molar-refractivity contribution in [2.75, 3.05) is 20.8 Å². The summed E-state index contributed by atoms with van der Waals surface area (Å²) in [6.07, 6.45) is -5.56. The number of esters is 1. The number of carbonyl (C=O) groups excluding carboxylic acids is 2. The summed E-state index contributed by atoms with van der Waals surface area (Å²) in [7, 11) is 3.10. The van der Waals surface area contributed by atoms with Gasteiger partial charge in [0, 0.05) is 16.5 Å². The highest BCUT2D eigenvalue weighted by Crippen LogP contribution is 2.44. The van der Waals surface area contributed by atoms with E-state index in [1.807, 2.05) is 13.0 Å². The van der Waals surface area contributed by atoms with E-state index in [2.05, 4.69) is 29.0 Å². The number of allylic oxidation sites excluding steroid dienone is 1. The molecule has 13 nitrogen and oxygen atoms in total. The van der Waals surface area contributed by atoms with Crippen LogP contribution in [0.1, 0.15) is 22.8 Å². The second kappa shape index (κ2) is 12.1. The first-order valence-electron chi connectivity index (χ1n) is 15.4. The molecule has 0 bridgehead atoms. The van der Waals surface area contributed by atoms with Gasteiger partial charge in [0.1, 0.15) is 42.0 Å². The number of hydrogen-bond acceptors (Lipinski definition) is 13. The van der Waals surface area contributed by atoms with Crippen LogP contribution in [0.15, 0.2) is 47.6 Å². The molecule has 250 valence electrons. The maximum Gasteiger partial charge on any atom is 0.508 e. The van der Waals surface area contributed by atoms with Gasteiger partial charge in [0.25, 0.3) is 0 Å². The molecule has 10 atom stereocenters. The first-order valence-corrected chi connectivity index (χ1v) is 15.4. The lowest BCUT2D eigenvalue weighted by Crippen LogP contribution is -2.62. The Morgan fingerprint density at radius 3 is 2.71 bits per heavy atom. The summed E-state index contributed by atoms with van der Waals surface area (Å²) in [5.41, 5.74) is 0.400. The molecule has 2 aromatic rings. The molecular weight excluding hydrogens is 626 g/mol. The lowest BCUT2D eigenvalue weighted by atomic mass is 9.97. The summed E-state index contributed by atoms with van der Waals surface area (Å²) < 4.78 is 40.0. The highest BCUT2D eigenvalue weighted by atomic mass is 16.8. The first kappa shape index (κ1) is 32.0. The van der Waals surface area contributed by atoms with Crippen LogP contribution in [0.5, 0.6) is 11.5 Å². The van der Waals surface area contributed by atoms with E-state index in [4.69, 9.17) is 33.2 Å². The van der Waals surface area contributed by atoms with Crippen LogP contribution in [0.2, 0.25) is 0 Å². The first-order chi connectivity index (χ1) is 23.0. The van der Waals surface area contributed by atoms with E-state index in [0.29, 0.717) is 22.3 Å². The number of aliphatic hydroxyl groups excluding tert-OH is 2. The standard InChI is InChI=1S/C35H33NO12/c1-16-12-19(42-4)14-22-20(16)8-9-23(37)27(22)32(40)45-24-13-18-10-11-35(26-15-43-34(41)46-26)25(48-35)7-5-6-21(18)31(24)47-33-28(36-3)30(39)29(38)17(2)44-33/h6,8-9,12-14,17,24-26,28-31,33,36-39H,15H2,1-4H3/t17?,24?,25-,26?,28?,29?,30?,31-,33?,35-/m1/s1. The van der Waals surface area contributed by atoms with E-state index in [0.717, 1.165) is 10.9 Å². The Balaban J connectivity index is 1.27. The van der Waals surface area contributed by atoms with Gasteiger partial charge in [-0.1, -0.05) is 29.7 Å². The van der Waals surface area contributed by atoms with Crippen LogP contribution in [0.25, 0.3) is 10.8 Å². The number of cyclic esters (lactones) is 2. The number of benzene rings is 2. The molecule has 5 aliphatic rings. The monoisotopic (exact) mass is 659 g/mol. The Bertz CT molecular complexity index is 1880. The molecule has 3 aliphatic heterocycles. The lowest BCUT2D eigenvalue weighted by Gasteiger charge is -2.42. The fraction of sp³-hybridized carbons (Fsp3) is 0.429. The summed E-state index contributed by atoms with van der Waals surface area (Å²) in [6, 6.07) is 5.74. The number of carbonyl (C=O) groups is 2. The number of aromatic hydroxyl groups is 1. The molecule has 3 fully saturated rings. The zero-order chi connectivity index (χ0) is 33.9. The van der Waals surface area contributed by atoms with E-state index >= 15 is 0 Å². The number of aliphatic hydroxyl groups is 2. The van der Waals surface area contributed by atoms with Gasteiger partial charge >= 0.3 is 12.1 Å². The molecule has 0 amide bonds. The number of methoxy groups -OCH3 is 1. The molecule has 7 rings (SSSR count). The Morgan fingerprint density at radius 1 is 1.17 bits per heavy atom. The van der Waals surface area contributed by atoms with Crippen molar-refractivity contribution in [1.29, 1.82) is 0 Å². The van der Waals surface area contributed by atoms with Gasteiger partial charge < -0.3 is 53.8 Å². The predicted molar refractivity (Wildman–Crippen MR) is 166 cm³/mol. The van der Waals surface area contributed by atoms with Gasteiger partial charge in [-0.25, -0.2) is 9.59 Å². The molecule has 4 N–H and O–H groups in total. The number of hydrogen-bond donors (Lipinski definition) is 4. The molecule has 0 aromatic heterocycles. The van der Waals surface area contributed by atoms with E-state index < -0.39 is 72.8 Å². The summed E-state index contributed by atoms with van der Waals surface area (Å²) in [5.74, 6) is 11.4. The summed E-state index contributed by atoms with van der Waals surface area (Å²) in [4.78, 5) is 25.7. The summed E-state index contributed by atoms with van der Waals surface area (Å²) in [5, 5.41) is 36.3. The number of aryl methyl sites for hydroxylation is 1. The third kappa shape index (κ3) is 5.35. The van der Waals surface area contributed by atoms with Gasteiger partial charge in [-0.05, 0) is 62.2 Å². The fourth-order valence-electron chi connectivity index (χ4n) is 6.50. The van der Waals surface area contributed by atoms with E-state index in [9.17, 15) is 24.9 Å². The average molecular weight is 660 g/mol. The number of phenols is 1. The Hall–Kier alpha value is -4.60. The molecule has 0 saturated carbocycles. The number of fused-ring (bicyclic) bond motifs is 3. The molecule has 13 heteroatoms. The van der Waals surface area contributed by atoms with Crippen molar-refractivity contribution in [2.24, 2.45) is 0 Å². The van der Waals surface area contributed by atoms with Gasteiger partial charge in [-0.3, -0.25) is 0 Å². The van der Waals surface area contributed by atoms with Crippen molar-refractivity contribution < 1.29 is 58.1 Å².